The maximum Gasteiger partial charge on any atom is 0.243 e. The quantitative estimate of drug-likeness (QED) is 0.245. The Morgan fingerprint density at radius 1 is 0.976 bits per heavy atom. The number of rotatable bonds is 14. The Kier molecular flexibility index (Phi) is 11.9. The second-order valence-corrected chi connectivity index (χ2v) is 12.8. The van der Waals surface area contributed by atoms with Gasteiger partial charge in [-0.05, 0) is 67.6 Å². The smallest absolute Gasteiger partial charge is 0.243 e. The van der Waals surface area contributed by atoms with Crippen molar-refractivity contribution in [3.63, 3.8) is 0 Å². The van der Waals surface area contributed by atoms with E-state index in [1.54, 1.807) is 37.3 Å². The van der Waals surface area contributed by atoms with Crippen LogP contribution in [0.5, 0.6) is 0 Å². The molecule has 0 bridgehead atoms. The topological polar surface area (TPSA) is 86.8 Å². The first-order valence-electron chi connectivity index (χ1n) is 14.0. The summed E-state index contributed by atoms with van der Waals surface area (Å²) in [4.78, 5) is 29.0. The third kappa shape index (κ3) is 9.29. The van der Waals surface area contributed by atoms with Crippen LogP contribution in [-0.4, -0.2) is 50.0 Å². The van der Waals surface area contributed by atoms with E-state index >= 15 is 0 Å². The van der Waals surface area contributed by atoms with E-state index in [1.165, 1.54) is 21.3 Å². The summed E-state index contributed by atoms with van der Waals surface area (Å²) in [5.74, 6) is -0.990. The van der Waals surface area contributed by atoms with Gasteiger partial charge in [-0.25, -0.2) is 12.8 Å². The zero-order valence-electron chi connectivity index (χ0n) is 24.5. The Bertz CT molecular complexity index is 1450. The maximum atomic E-state index is 13.9. The SMILES string of the molecule is CC[C@@H](C)NC(=O)[C@H](Cc1ccccc1)N(Cc1ccc(F)cc1)C(=O)CCCN(c1cccc(Cl)c1C)S(C)(=O)=O. The Labute approximate surface area is 253 Å². The minimum absolute atomic E-state index is 0.00523. The van der Waals surface area contributed by atoms with E-state index in [0.717, 1.165) is 18.2 Å². The number of benzene rings is 3. The minimum Gasteiger partial charge on any atom is -0.352 e. The van der Waals surface area contributed by atoms with Gasteiger partial charge in [-0.3, -0.25) is 13.9 Å². The predicted octanol–water partition coefficient (Wildman–Crippen LogP) is 5.89. The van der Waals surface area contributed by atoms with Crippen LogP contribution in [-0.2, 0) is 32.6 Å². The molecule has 7 nitrogen and oxygen atoms in total. The molecule has 0 aliphatic heterocycles. The van der Waals surface area contributed by atoms with Gasteiger partial charge >= 0.3 is 0 Å². The molecule has 0 radical (unpaired) electrons. The molecule has 2 atom stereocenters. The Morgan fingerprint density at radius 2 is 1.64 bits per heavy atom. The molecule has 10 heteroatoms. The molecule has 0 saturated carbocycles. The lowest BCUT2D eigenvalue weighted by molar-refractivity contribution is -0.141. The number of carbonyl (C=O) groups excluding carboxylic acids is 2. The molecule has 0 unspecified atom stereocenters. The summed E-state index contributed by atoms with van der Waals surface area (Å²) in [7, 11) is -3.66. The molecule has 0 aliphatic rings. The van der Waals surface area contributed by atoms with E-state index < -0.39 is 21.9 Å². The largest absolute Gasteiger partial charge is 0.352 e. The van der Waals surface area contributed by atoms with Gasteiger partial charge < -0.3 is 10.2 Å². The average molecular weight is 616 g/mol. The molecule has 3 aromatic carbocycles. The number of hydrogen-bond donors (Lipinski definition) is 1. The van der Waals surface area contributed by atoms with Gasteiger partial charge in [-0.15, -0.1) is 0 Å². The number of nitrogens with one attached hydrogen (secondary N) is 1. The molecule has 0 fully saturated rings. The molecule has 1 N–H and O–H groups in total. The van der Waals surface area contributed by atoms with Gasteiger partial charge in [0.25, 0.3) is 0 Å². The number of amides is 2. The van der Waals surface area contributed by atoms with Crippen LogP contribution in [0.1, 0.15) is 49.8 Å². The summed E-state index contributed by atoms with van der Waals surface area (Å²) in [6.45, 7) is 5.76. The third-order valence-electron chi connectivity index (χ3n) is 7.20. The number of nitrogens with zero attached hydrogens (tertiary/aromatic N) is 2. The highest BCUT2D eigenvalue weighted by Gasteiger charge is 2.31. The summed E-state index contributed by atoms with van der Waals surface area (Å²) in [5.41, 5.74) is 2.64. The fraction of sp³-hybridized carbons (Fsp3) is 0.375. The lowest BCUT2D eigenvalue weighted by atomic mass is 10.0. The molecule has 0 heterocycles. The van der Waals surface area contributed by atoms with E-state index in [2.05, 4.69) is 5.32 Å². The fourth-order valence-corrected chi connectivity index (χ4v) is 5.82. The summed E-state index contributed by atoms with van der Waals surface area (Å²) >= 11 is 6.25. The van der Waals surface area contributed by atoms with Gasteiger partial charge in [0.2, 0.25) is 21.8 Å². The van der Waals surface area contributed by atoms with Gasteiger partial charge in [0.1, 0.15) is 11.9 Å². The standard InChI is InChI=1S/C32H39ClFN3O4S/c1-5-23(2)35-32(39)30(21-25-11-7-6-8-12-25)36(22-26-16-18-27(34)19-17-26)31(38)15-10-20-37(42(4,40)41)29-14-9-13-28(33)24(29)3/h6-9,11-14,16-19,23,30H,5,10,15,20-22H2,1-4H3,(H,35,39)/t23-,30+/m1/s1. The van der Waals surface area contributed by atoms with Crippen molar-refractivity contribution in [2.75, 3.05) is 17.1 Å². The highest BCUT2D eigenvalue weighted by molar-refractivity contribution is 7.92. The van der Waals surface area contributed by atoms with Crippen LogP contribution in [0.2, 0.25) is 5.02 Å². The van der Waals surface area contributed by atoms with Crippen LogP contribution in [0.25, 0.3) is 0 Å². The van der Waals surface area contributed by atoms with E-state index in [4.69, 9.17) is 11.6 Å². The van der Waals surface area contributed by atoms with Crippen LogP contribution in [0.4, 0.5) is 10.1 Å². The first kappa shape index (κ1) is 33.1. The molecule has 0 aliphatic carbocycles. The average Bonchev–Trinajstić information content (AvgIpc) is 2.95. The van der Waals surface area contributed by atoms with Gasteiger partial charge in [0.05, 0.1) is 11.9 Å². The minimum atomic E-state index is -3.66. The Balaban J connectivity index is 1.90. The van der Waals surface area contributed by atoms with Gasteiger partial charge in [-0.2, -0.15) is 0 Å². The third-order valence-corrected chi connectivity index (χ3v) is 8.79. The normalized spacial score (nSPS) is 12.8. The van der Waals surface area contributed by atoms with Crippen molar-refractivity contribution in [2.24, 2.45) is 0 Å². The monoisotopic (exact) mass is 615 g/mol. The summed E-state index contributed by atoms with van der Waals surface area (Å²) in [6, 6.07) is 19.4. The molecule has 0 saturated heterocycles. The van der Waals surface area contributed by atoms with Crippen molar-refractivity contribution >= 4 is 39.1 Å². The number of carbonyl (C=O) groups is 2. The number of sulfonamides is 1. The fourth-order valence-electron chi connectivity index (χ4n) is 4.63. The summed E-state index contributed by atoms with van der Waals surface area (Å²) < 4.78 is 40.3. The zero-order valence-corrected chi connectivity index (χ0v) is 26.1. The number of halogens is 2. The van der Waals surface area contributed by atoms with Crippen LogP contribution >= 0.6 is 11.6 Å². The second kappa shape index (κ2) is 15.2. The van der Waals surface area contributed by atoms with Gasteiger partial charge in [-0.1, -0.05) is 67.1 Å². The predicted molar refractivity (Wildman–Crippen MR) is 166 cm³/mol. The molecule has 226 valence electrons. The maximum absolute atomic E-state index is 13.9. The number of anilines is 1. The van der Waals surface area contributed by atoms with Crippen molar-refractivity contribution in [1.29, 1.82) is 0 Å². The lowest BCUT2D eigenvalue weighted by Gasteiger charge is -2.33. The first-order chi connectivity index (χ1) is 19.9. The molecule has 3 rings (SSSR count). The second-order valence-electron chi connectivity index (χ2n) is 10.5. The molecule has 3 aromatic rings. The summed E-state index contributed by atoms with van der Waals surface area (Å²) in [5, 5.41) is 3.46. The van der Waals surface area contributed by atoms with Gasteiger partial charge in [0.15, 0.2) is 0 Å². The number of hydrogen-bond acceptors (Lipinski definition) is 4. The Hall–Kier alpha value is -3.43. The molecular formula is C32H39ClFN3O4S. The van der Waals surface area contributed by atoms with Crippen molar-refractivity contribution in [3.8, 4) is 0 Å². The van der Waals surface area contributed by atoms with Crippen molar-refractivity contribution in [2.45, 2.75) is 65.1 Å². The summed E-state index contributed by atoms with van der Waals surface area (Å²) in [6.07, 6.45) is 2.33. The molecule has 0 aromatic heterocycles. The highest BCUT2D eigenvalue weighted by Crippen LogP contribution is 2.28. The lowest BCUT2D eigenvalue weighted by Crippen LogP contribution is -2.52. The van der Waals surface area contributed by atoms with Crippen LogP contribution in [0.3, 0.4) is 0 Å². The first-order valence-corrected chi connectivity index (χ1v) is 16.2. The van der Waals surface area contributed by atoms with Gasteiger partial charge in [0, 0.05) is 37.0 Å². The van der Waals surface area contributed by atoms with Crippen molar-refractivity contribution in [1.82, 2.24) is 10.2 Å². The zero-order chi connectivity index (χ0) is 30.9. The highest BCUT2D eigenvalue weighted by atomic mass is 35.5. The van der Waals surface area contributed by atoms with E-state index in [-0.39, 0.29) is 50.2 Å². The molecule has 42 heavy (non-hydrogen) atoms. The molecule has 2 amide bonds. The van der Waals surface area contributed by atoms with Crippen LogP contribution in [0.15, 0.2) is 72.8 Å². The van der Waals surface area contributed by atoms with Crippen LogP contribution < -0.4 is 9.62 Å². The Morgan fingerprint density at radius 3 is 2.26 bits per heavy atom. The molecule has 0 spiro atoms. The van der Waals surface area contributed by atoms with E-state index in [1.807, 2.05) is 44.2 Å². The van der Waals surface area contributed by atoms with E-state index in [9.17, 15) is 22.4 Å². The van der Waals surface area contributed by atoms with Crippen molar-refractivity contribution in [3.05, 3.63) is 100 Å². The molecular weight excluding hydrogens is 577 g/mol. The van der Waals surface area contributed by atoms with Crippen molar-refractivity contribution < 1.29 is 22.4 Å². The van der Waals surface area contributed by atoms with Crippen LogP contribution in [0, 0.1) is 12.7 Å². The van der Waals surface area contributed by atoms with E-state index in [0.29, 0.717) is 21.8 Å².